The summed E-state index contributed by atoms with van der Waals surface area (Å²) in [6.45, 7) is 4.76. The van der Waals surface area contributed by atoms with E-state index in [0.29, 0.717) is 10.9 Å². The van der Waals surface area contributed by atoms with Crippen molar-refractivity contribution in [3.63, 3.8) is 0 Å². The molecule has 0 amide bonds. The fraction of sp³-hybridized carbons (Fsp3) is 0.529. The average Bonchev–Trinajstić information content (AvgIpc) is 3.22. The van der Waals surface area contributed by atoms with Gasteiger partial charge in [0.1, 0.15) is 10.8 Å². The minimum Gasteiger partial charge on any atom is -0.338 e. The third kappa shape index (κ3) is 3.23. The van der Waals surface area contributed by atoms with Crippen LogP contribution < -0.4 is 5.56 Å². The number of hydrogen-bond donors (Lipinski definition) is 0. The minimum absolute atomic E-state index is 0.0844. The van der Waals surface area contributed by atoms with Crippen LogP contribution in [0.5, 0.6) is 0 Å². The highest BCUT2D eigenvalue weighted by Crippen LogP contribution is 2.27. The van der Waals surface area contributed by atoms with Crippen LogP contribution in [-0.4, -0.2) is 42.1 Å². The lowest BCUT2D eigenvalue weighted by Crippen LogP contribution is -2.34. The summed E-state index contributed by atoms with van der Waals surface area (Å²) in [6, 6.07) is 1.62. The van der Waals surface area contributed by atoms with Gasteiger partial charge in [0, 0.05) is 38.0 Å². The molecule has 0 bridgehead atoms. The van der Waals surface area contributed by atoms with E-state index in [1.807, 2.05) is 19.3 Å². The molecule has 1 aliphatic heterocycles. The Labute approximate surface area is 150 Å². The molecule has 1 fully saturated rings. The van der Waals surface area contributed by atoms with Crippen LogP contribution in [0.3, 0.4) is 0 Å². The monoisotopic (exact) mass is 358 g/mol. The molecule has 8 heteroatoms. The van der Waals surface area contributed by atoms with Crippen molar-refractivity contribution in [2.45, 2.75) is 38.6 Å². The molecule has 0 aliphatic carbocycles. The molecule has 3 aromatic rings. The van der Waals surface area contributed by atoms with Gasteiger partial charge in [-0.05, 0) is 32.4 Å². The van der Waals surface area contributed by atoms with E-state index >= 15 is 0 Å². The van der Waals surface area contributed by atoms with Crippen LogP contribution in [0.2, 0.25) is 0 Å². The first-order valence-corrected chi connectivity index (χ1v) is 9.54. The van der Waals surface area contributed by atoms with Gasteiger partial charge in [0.15, 0.2) is 0 Å². The maximum absolute atomic E-state index is 12.3. The largest absolute Gasteiger partial charge is 0.338 e. The lowest BCUT2D eigenvalue weighted by Gasteiger charge is -2.31. The van der Waals surface area contributed by atoms with Gasteiger partial charge in [0.2, 0.25) is 4.96 Å². The lowest BCUT2D eigenvalue weighted by atomic mass is 9.96. The molecule has 7 nitrogen and oxygen atoms in total. The third-order valence-electron chi connectivity index (χ3n) is 4.84. The normalized spacial score (nSPS) is 16.7. The Kier molecular flexibility index (Phi) is 4.39. The Balaban J connectivity index is 1.45. The van der Waals surface area contributed by atoms with E-state index in [4.69, 9.17) is 0 Å². The summed E-state index contributed by atoms with van der Waals surface area (Å²) >= 11 is 1.50. The summed E-state index contributed by atoms with van der Waals surface area (Å²) in [5.41, 5.74) is 0.755. The molecule has 0 atom stereocenters. The second-order valence-electron chi connectivity index (χ2n) is 6.58. The van der Waals surface area contributed by atoms with Crippen molar-refractivity contribution >= 4 is 16.3 Å². The molecule has 25 heavy (non-hydrogen) atoms. The van der Waals surface area contributed by atoms with Crippen LogP contribution >= 0.6 is 11.3 Å². The molecule has 0 spiro atoms. The van der Waals surface area contributed by atoms with E-state index in [9.17, 15) is 4.79 Å². The first-order valence-electron chi connectivity index (χ1n) is 8.72. The van der Waals surface area contributed by atoms with Crippen LogP contribution in [0, 0.1) is 0 Å². The van der Waals surface area contributed by atoms with Crippen LogP contribution in [0.25, 0.3) is 4.96 Å². The van der Waals surface area contributed by atoms with Crippen LogP contribution in [0.1, 0.15) is 42.2 Å². The van der Waals surface area contributed by atoms with Gasteiger partial charge in [0.25, 0.3) is 5.56 Å². The van der Waals surface area contributed by atoms with Crippen molar-refractivity contribution in [3.8, 4) is 0 Å². The Morgan fingerprint density at radius 3 is 2.80 bits per heavy atom. The van der Waals surface area contributed by atoms with Crippen molar-refractivity contribution in [1.82, 2.24) is 29.0 Å². The number of aromatic nitrogens is 5. The molecule has 0 saturated carbocycles. The van der Waals surface area contributed by atoms with Crippen molar-refractivity contribution in [1.29, 1.82) is 0 Å². The van der Waals surface area contributed by atoms with Gasteiger partial charge in [-0.15, -0.1) is 0 Å². The van der Waals surface area contributed by atoms with Crippen LogP contribution in [0.4, 0.5) is 0 Å². The third-order valence-corrected chi connectivity index (χ3v) is 5.89. The Bertz CT molecular complexity index is 934. The molecule has 132 valence electrons. The molecule has 1 saturated heterocycles. The summed E-state index contributed by atoms with van der Waals surface area (Å²) in [7, 11) is 2.06. The first kappa shape index (κ1) is 16.4. The molecule has 1 aliphatic rings. The molecule has 4 rings (SSSR count). The summed E-state index contributed by atoms with van der Waals surface area (Å²) < 4.78 is 3.53. The average molecular weight is 358 g/mol. The molecule has 4 heterocycles. The van der Waals surface area contributed by atoms with Gasteiger partial charge in [-0.2, -0.15) is 9.61 Å². The van der Waals surface area contributed by atoms with Gasteiger partial charge in [-0.1, -0.05) is 18.3 Å². The van der Waals surface area contributed by atoms with Crippen molar-refractivity contribution in [2.24, 2.45) is 7.05 Å². The molecule has 0 unspecified atom stereocenters. The Hall–Kier alpha value is -2.06. The molecule has 3 aromatic heterocycles. The fourth-order valence-corrected chi connectivity index (χ4v) is 4.33. The predicted octanol–water partition coefficient (Wildman–Crippen LogP) is 1.83. The van der Waals surface area contributed by atoms with E-state index in [-0.39, 0.29) is 5.56 Å². The molecule has 0 aromatic carbocycles. The molecule has 0 N–H and O–H groups in total. The van der Waals surface area contributed by atoms with Gasteiger partial charge < -0.3 is 4.57 Å². The number of piperidine rings is 1. The quantitative estimate of drug-likeness (QED) is 0.712. The van der Waals surface area contributed by atoms with Crippen molar-refractivity contribution in [3.05, 3.63) is 45.3 Å². The Morgan fingerprint density at radius 1 is 1.32 bits per heavy atom. The zero-order chi connectivity index (χ0) is 17.4. The maximum atomic E-state index is 12.3. The van der Waals surface area contributed by atoms with E-state index < -0.39 is 0 Å². The highest BCUT2D eigenvalue weighted by atomic mass is 32.1. The summed E-state index contributed by atoms with van der Waals surface area (Å²) in [5.74, 6) is 1.69. The zero-order valence-corrected chi connectivity index (χ0v) is 15.4. The second kappa shape index (κ2) is 6.68. The number of rotatable bonds is 4. The summed E-state index contributed by atoms with van der Waals surface area (Å²) in [6.07, 6.45) is 6.88. The van der Waals surface area contributed by atoms with Crippen molar-refractivity contribution < 1.29 is 0 Å². The standard InChI is InChI=1S/C17H22N6OS/c1-3-14-20-23-15(24)10-13(19-17(23)25-14)11-22-7-4-12(5-8-22)16-18-6-9-21(16)2/h6,9-10,12H,3-5,7-8,11H2,1-2H3. The Morgan fingerprint density at radius 2 is 2.12 bits per heavy atom. The van der Waals surface area contributed by atoms with E-state index in [0.717, 1.165) is 49.6 Å². The topological polar surface area (TPSA) is 68.3 Å². The lowest BCUT2D eigenvalue weighted by molar-refractivity contribution is 0.198. The number of imidazole rings is 1. The smallest absolute Gasteiger partial charge is 0.275 e. The summed E-state index contributed by atoms with van der Waals surface area (Å²) in [4.78, 5) is 24.5. The second-order valence-corrected chi connectivity index (χ2v) is 7.62. The van der Waals surface area contributed by atoms with Crippen molar-refractivity contribution in [2.75, 3.05) is 13.1 Å². The highest BCUT2D eigenvalue weighted by molar-refractivity contribution is 7.16. The number of likely N-dealkylation sites (tertiary alicyclic amines) is 1. The minimum atomic E-state index is -0.0844. The zero-order valence-electron chi connectivity index (χ0n) is 14.6. The number of aryl methyl sites for hydroxylation is 2. The number of fused-ring (bicyclic) bond motifs is 1. The van der Waals surface area contributed by atoms with Crippen LogP contribution in [0.15, 0.2) is 23.3 Å². The number of nitrogens with zero attached hydrogens (tertiary/aromatic N) is 6. The SMILES string of the molecule is CCc1nn2c(=O)cc(CN3CCC(c4nccn4C)CC3)nc2s1. The number of hydrogen-bond acceptors (Lipinski definition) is 6. The van der Waals surface area contributed by atoms with E-state index in [1.165, 1.54) is 21.7 Å². The van der Waals surface area contributed by atoms with E-state index in [1.54, 1.807) is 6.07 Å². The summed E-state index contributed by atoms with van der Waals surface area (Å²) in [5, 5.41) is 5.24. The van der Waals surface area contributed by atoms with Gasteiger partial charge in [-0.25, -0.2) is 9.97 Å². The van der Waals surface area contributed by atoms with Gasteiger partial charge >= 0.3 is 0 Å². The first-order chi connectivity index (χ1) is 12.1. The predicted molar refractivity (Wildman–Crippen MR) is 97.0 cm³/mol. The highest BCUT2D eigenvalue weighted by Gasteiger charge is 2.23. The maximum Gasteiger partial charge on any atom is 0.275 e. The van der Waals surface area contributed by atoms with E-state index in [2.05, 4.69) is 31.6 Å². The van der Waals surface area contributed by atoms with Gasteiger partial charge in [0.05, 0.1) is 5.69 Å². The molecule has 0 radical (unpaired) electrons. The van der Waals surface area contributed by atoms with Gasteiger partial charge in [-0.3, -0.25) is 9.69 Å². The van der Waals surface area contributed by atoms with Crippen LogP contribution in [-0.2, 0) is 20.0 Å². The molecular formula is C17H22N6OS. The fourth-order valence-electron chi connectivity index (χ4n) is 3.47. The molecular weight excluding hydrogens is 336 g/mol.